The second-order valence-corrected chi connectivity index (χ2v) is 8.21. The van der Waals surface area contributed by atoms with Crippen molar-refractivity contribution >= 4 is 33.3 Å². The van der Waals surface area contributed by atoms with Gasteiger partial charge in [-0.3, -0.25) is 4.21 Å². The van der Waals surface area contributed by atoms with Crippen molar-refractivity contribution < 1.29 is 13.0 Å². The normalized spacial score (nSPS) is 13.4. The zero-order valence-corrected chi connectivity index (χ0v) is 16.1. The Kier molecular flexibility index (Phi) is 5.93. The van der Waals surface area contributed by atoms with Gasteiger partial charge in [-0.1, -0.05) is 29.8 Å². The quantitative estimate of drug-likeness (QED) is 0.594. The molecule has 1 heterocycles. The highest BCUT2D eigenvalue weighted by atomic mass is 35.5. The van der Waals surface area contributed by atoms with Gasteiger partial charge in [0.15, 0.2) is 0 Å². The molecule has 27 heavy (non-hydrogen) atoms. The highest BCUT2D eigenvalue weighted by Crippen LogP contribution is 2.38. The molecule has 0 fully saturated rings. The molecule has 0 radical (unpaired) electrons. The summed E-state index contributed by atoms with van der Waals surface area (Å²) in [6.07, 6.45) is 3.75. The maximum absolute atomic E-state index is 14.6. The van der Waals surface area contributed by atoms with Crippen molar-refractivity contribution in [1.82, 2.24) is 4.98 Å². The molecule has 0 saturated heterocycles. The molecule has 0 aliphatic heterocycles. The van der Waals surface area contributed by atoms with Crippen LogP contribution in [0.5, 0.6) is 0 Å². The number of fused-ring (bicyclic) bond motifs is 1. The Bertz CT molecular complexity index is 1030. The van der Waals surface area contributed by atoms with Gasteiger partial charge < -0.3 is 4.98 Å². The predicted octanol–water partition coefficient (Wildman–Crippen LogP) is 5.41. The largest absolute Gasteiger partial charge is 0.361 e. The van der Waals surface area contributed by atoms with Gasteiger partial charge in [0, 0.05) is 57.1 Å². The molecule has 0 saturated carbocycles. The summed E-state index contributed by atoms with van der Waals surface area (Å²) >= 11 is 5.75. The van der Waals surface area contributed by atoms with Crippen LogP contribution in [0.4, 0.5) is 8.78 Å². The van der Waals surface area contributed by atoms with E-state index in [2.05, 4.69) is 4.98 Å². The molecule has 2 atom stereocenters. The van der Waals surface area contributed by atoms with Gasteiger partial charge in [-0.25, -0.2) is 8.78 Å². The standard InChI is InChI=1S/C20H17ClF2N2OS/c1-27(26)11-12-4-2-5-15-16(10-25-20(12)15)14(6-3-7-24)19-17(22)8-13(21)9-18(19)23/h2,4-5,8-10,14,25H,3,6,11H2,1H3. The number of aromatic nitrogens is 1. The maximum atomic E-state index is 14.6. The molecule has 3 aromatic rings. The number of halogens is 3. The highest BCUT2D eigenvalue weighted by Gasteiger charge is 2.25. The lowest BCUT2D eigenvalue weighted by Gasteiger charge is -2.18. The summed E-state index contributed by atoms with van der Waals surface area (Å²) in [5, 5.41) is 9.78. The van der Waals surface area contributed by atoms with Gasteiger partial charge in [0.2, 0.25) is 0 Å². The van der Waals surface area contributed by atoms with Gasteiger partial charge in [0.25, 0.3) is 0 Å². The van der Waals surface area contributed by atoms with Gasteiger partial charge in [0.1, 0.15) is 11.6 Å². The van der Waals surface area contributed by atoms with E-state index in [9.17, 15) is 13.0 Å². The van der Waals surface area contributed by atoms with Gasteiger partial charge in [-0.05, 0) is 29.7 Å². The van der Waals surface area contributed by atoms with Crippen molar-refractivity contribution in [2.45, 2.75) is 24.5 Å². The van der Waals surface area contributed by atoms with Crippen molar-refractivity contribution in [3.63, 3.8) is 0 Å². The fourth-order valence-corrected chi connectivity index (χ4v) is 4.29. The minimum absolute atomic E-state index is 0.0144. The van der Waals surface area contributed by atoms with Crippen molar-refractivity contribution in [2.75, 3.05) is 6.26 Å². The van der Waals surface area contributed by atoms with E-state index in [0.717, 1.165) is 28.6 Å². The number of nitriles is 1. The van der Waals surface area contributed by atoms with Crippen LogP contribution in [0.15, 0.2) is 36.5 Å². The van der Waals surface area contributed by atoms with Gasteiger partial charge >= 0.3 is 0 Å². The Morgan fingerprint density at radius 3 is 2.63 bits per heavy atom. The molecule has 140 valence electrons. The molecule has 0 aliphatic rings. The van der Waals surface area contributed by atoms with Crippen LogP contribution in [-0.2, 0) is 16.6 Å². The van der Waals surface area contributed by atoms with E-state index >= 15 is 0 Å². The van der Waals surface area contributed by atoms with Crippen LogP contribution in [-0.4, -0.2) is 15.4 Å². The molecule has 0 spiro atoms. The third-order valence-electron chi connectivity index (χ3n) is 4.51. The fourth-order valence-electron chi connectivity index (χ4n) is 3.42. The van der Waals surface area contributed by atoms with Crippen molar-refractivity contribution in [3.05, 3.63) is 69.9 Å². The van der Waals surface area contributed by atoms with E-state index in [-0.39, 0.29) is 23.4 Å². The van der Waals surface area contributed by atoms with Gasteiger partial charge in [0.05, 0.1) is 11.8 Å². The van der Waals surface area contributed by atoms with Crippen molar-refractivity contribution in [1.29, 1.82) is 5.26 Å². The smallest absolute Gasteiger partial charge is 0.131 e. The Balaban J connectivity index is 2.18. The summed E-state index contributed by atoms with van der Waals surface area (Å²) in [6, 6.07) is 9.77. The first-order valence-electron chi connectivity index (χ1n) is 8.32. The third-order valence-corrected chi connectivity index (χ3v) is 5.44. The van der Waals surface area contributed by atoms with Gasteiger partial charge in [-0.2, -0.15) is 5.26 Å². The van der Waals surface area contributed by atoms with Crippen LogP contribution < -0.4 is 0 Å². The minimum Gasteiger partial charge on any atom is -0.361 e. The number of H-pyrrole nitrogens is 1. The molecular formula is C20H17ClF2N2OS. The number of para-hydroxylation sites is 1. The van der Waals surface area contributed by atoms with Crippen LogP contribution >= 0.6 is 11.6 Å². The first-order chi connectivity index (χ1) is 12.9. The molecule has 1 aromatic heterocycles. The molecule has 0 amide bonds. The zero-order chi connectivity index (χ0) is 19.6. The summed E-state index contributed by atoms with van der Waals surface area (Å²) in [5.41, 5.74) is 2.26. The van der Waals surface area contributed by atoms with Crippen LogP contribution in [0.2, 0.25) is 5.02 Å². The lowest BCUT2D eigenvalue weighted by atomic mass is 9.86. The Labute approximate surface area is 163 Å². The second-order valence-electron chi connectivity index (χ2n) is 6.33. The summed E-state index contributed by atoms with van der Waals surface area (Å²) in [6.45, 7) is 0. The van der Waals surface area contributed by atoms with E-state index in [1.807, 2.05) is 24.3 Å². The van der Waals surface area contributed by atoms with Crippen LogP contribution in [0.25, 0.3) is 10.9 Å². The fraction of sp³-hybridized carbons (Fsp3) is 0.250. The number of rotatable bonds is 6. The lowest BCUT2D eigenvalue weighted by molar-refractivity contribution is 0.533. The average Bonchev–Trinajstić information content (AvgIpc) is 3.01. The van der Waals surface area contributed by atoms with E-state index in [1.54, 1.807) is 12.5 Å². The minimum atomic E-state index is -1.02. The van der Waals surface area contributed by atoms with Crippen LogP contribution in [0, 0.1) is 23.0 Å². The number of hydrogen-bond donors (Lipinski definition) is 1. The highest BCUT2D eigenvalue weighted by molar-refractivity contribution is 7.83. The topological polar surface area (TPSA) is 56.6 Å². The first kappa shape index (κ1) is 19.5. The number of benzene rings is 2. The van der Waals surface area contributed by atoms with E-state index in [1.165, 1.54) is 0 Å². The number of hydrogen-bond acceptors (Lipinski definition) is 2. The van der Waals surface area contributed by atoms with E-state index in [0.29, 0.717) is 11.3 Å². The third kappa shape index (κ3) is 4.05. The first-order valence-corrected chi connectivity index (χ1v) is 10.4. The molecule has 2 unspecified atom stereocenters. The number of nitrogens with one attached hydrogen (secondary N) is 1. The summed E-state index contributed by atoms with van der Waals surface area (Å²) < 4.78 is 40.8. The van der Waals surface area contributed by atoms with Crippen LogP contribution in [0.3, 0.4) is 0 Å². The predicted molar refractivity (Wildman–Crippen MR) is 104 cm³/mol. The Morgan fingerprint density at radius 2 is 2.00 bits per heavy atom. The summed E-state index contributed by atoms with van der Waals surface area (Å²) in [4.78, 5) is 3.15. The zero-order valence-electron chi connectivity index (χ0n) is 14.6. The summed E-state index contributed by atoms with van der Waals surface area (Å²) in [7, 11) is -1.02. The van der Waals surface area contributed by atoms with E-state index in [4.69, 9.17) is 16.9 Å². The van der Waals surface area contributed by atoms with Crippen LogP contribution in [0.1, 0.15) is 35.4 Å². The van der Waals surface area contributed by atoms with Crippen molar-refractivity contribution in [2.24, 2.45) is 0 Å². The lowest BCUT2D eigenvalue weighted by Crippen LogP contribution is -2.07. The molecule has 7 heteroatoms. The molecule has 1 N–H and O–H groups in total. The Morgan fingerprint density at radius 1 is 1.30 bits per heavy atom. The average molecular weight is 407 g/mol. The van der Waals surface area contributed by atoms with E-state index < -0.39 is 28.4 Å². The van der Waals surface area contributed by atoms with Crippen molar-refractivity contribution in [3.8, 4) is 6.07 Å². The maximum Gasteiger partial charge on any atom is 0.131 e. The second kappa shape index (κ2) is 8.20. The molecule has 3 rings (SSSR count). The molecule has 0 aliphatic carbocycles. The molecule has 2 aromatic carbocycles. The Hall–Kier alpha value is -2.23. The molecular weight excluding hydrogens is 390 g/mol. The molecule has 3 nitrogen and oxygen atoms in total. The SMILES string of the molecule is CS(=O)Cc1cccc2c(C(CCC#N)c3c(F)cc(Cl)cc3F)c[nH]c12. The molecule has 0 bridgehead atoms. The monoisotopic (exact) mass is 406 g/mol. The summed E-state index contributed by atoms with van der Waals surface area (Å²) in [5.74, 6) is -1.73. The van der Waals surface area contributed by atoms with Gasteiger partial charge in [-0.15, -0.1) is 0 Å². The number of nitrogens with zero attached hydrogens (tertiary/aromatic N) is 1. The number of aromatic amines is 1.